The number of piperazine rings is 1. The lowest BCUT2D eigenvalue weighted by molar-refractivity contribution is -0.122. The Morgan fingerprint density at radius 2 is 1.87 bits per heavy atom. The molecule has 2 aliphatic rings. The van der Waals surface area contributed by atoms with Crippen LogP contribution in [0.2, 0.25) is 0 Å². The maximum atomic E-state index is 12.0. The van der Waals surface area contributed by atoms with Crippen LogP contribution in [0.1, 0.15) is 32.6 Å². The third kappa shape index (κ3) is 6.37. The highest BCUT2D eigenvalue weighted by Crippen LogP contribution is 2.16. The number of carbonyl (C=O) groups is 1. The van der Waals surface area contributed by atoms with Gasteiger partial charge in [-0.3, -0.25) is 14.6 Å². The number of hydrogen-bond acceptors (Lipinski definition) is 5. The van der Waals surface area contributed by atoms with E-state index < -0.39 is 0 Å². The second kappa shape index (κ2) is 10.2. The molecule has 0 bridgehead atoms. The van der Waals surface area contributed by atoms with E-state index in [1.54, 1.807) is 0 Å². The van der Waals surface area contributed by atoms with Gasteiger partial charge in [-0.15, -0.1) is 0 Å². The Labute approximate surface area is 140 Å². The number of nitrogens with one attached hydrogen (secondary N) is 1. The van der Waals surface area contributed by atoms with Crippen LogP contribution in [-0.2, 0) is 4.79 Å². The molecule has 1 amide bonds. The number of aliphatic hydroxyl groups is 1. The van der Waals surface area contributed by atoms with Crippen molar-refractivity contribution in [1.82, 2.24) is 20.0 Å². The van der Waals surface area contributed by atoms with Crippen molar-refractivity contribution in [2.45, 2.75) is 38.6 Å². The van der Waals surface area contributed by atoms with Crippen molar-refractivity contribution in [3.05, 3.63) is 0 Å². The minimum absolute atomic E-state index is 0.146. The highest BCUT2D eigenvalue weighted by atomic mass is 16.3. The number of carbonyl (C=O) groups excluding carboxylic acids is 1. The number of amides is 1. The number of likely N-dealkylation sites (N-methyl/N-ethyl adjacent to an activating group) is 1. The molecule has 6 heteroatoms. The lowest BCUT2D eigenvalue weighted by atomic mass is 10.0. The SMILES string of the molecule is CCN1CCN(CC(=O)NCCCN2CCCCC2CO)CC1. The lowest BCUT2D eigenvalue weighted by Gasteiger charge is -2.34. The summed E-state index contributed by atoms with van der Waals surface area (Å²) < 4.78 is 0. The van der Waals surface area contributed by atoms with Crippen LogP contribution in [0.25, 0.3) is 0 Å². The predicted octanol–water partition coefficient (Wildman–Crippen LogP) is -0.0230. The molecule has 0 radical (unpaired) electrons. The fourth-order valence-corrected chi connectivity index (χ4v) is 3.59. The molecule has 2 heterocycles. The van der Waals surface area contributed by atoms with Gasteiger partial charge < -0.3 is 15.3 Å². The van der Waals surface area contributed by atoms with Gasteiger partial charge in [-0.25, -0.2) is 0 Å². The van der Waals surface area contributed by atoms with Crippen LogP contribution in [0.3, 0.4) is 0 Å². The van der Waals surface area contributed by atoms with E-state index in [1.807, 2.05) is 0 Å². The molecule has 0 aliphatic carbocycles. The molecule has 0 aromatic rings. The van der Waals surface area contributed by atoms with Gasteiger partial charge in [0.1, 0.15) is 0 Å². The van der Waals surface area contributed by atoms with Crippen LogP contribution in [0, 0.1) is 0 Å². The van der Waals surface area contributed by atoms with Gasteiger partial charge in [-0.2, -0.15) is 0 Å². The van der Waals surface area contributed by atoms with E-state index in [0.717, 1.165) is 65.2 Å². The lowest BCUT2D eigenvalue weighted by Crippen LogP contribution is -2.49. The van der Waals surface area contributed by atoms with Gasteiger partial charge in [0, 0.05) is 45.3 Å². The average molecular weight is 326 g/mol. The maximum Gasteiger partial charge on any atom is 0.234 e. The Morgan fingerprint density at radius 1 is 1.13 bits per heavy atom. The van der Waals surface area contributed by atoms with Crippen molar-refractivity contribution in [2.75, 3.05) is 65.5 Å². The Morgan fingerprint density at radius 3 is 2.57 bits per heavy atom. The highest BCUT2D eigenvalue weighted by Gasteiger charge is 2.21. The summed E-state index contributed by atoms with van der Waals surface area (Å²) in [7, 11) is 0. The van der Waals surface area contributed by atoms with Crippen molar-refractivity contribution in [3.63, 3.8) is 0 Å². The standard InChI is InChI=1S/C17H34N4O2/c1-2-19-10-12-20(13-11-19)14-17(23)18-7-5-9-21-8-4-3-6-16(21)15-22/h16,22H,2-15H2,1H3,(H,18,23). The second-order valence-corrected chi connectivity index (χ2v) is 6.78. The van der Waals surface area contributed by atoms with Gasteiger partial charge >= 0.3 is 0 Å². The Hall–Kier alpha value is -0.690. The Balaban J connectivity index is 1.54. The molecule has 2 rings (SSSR count). The zero-order valence-corrected chi connectivity index (χ0v) is 14.7. The topological polar surface area (TPSA) is 59.0 Å². The average Bonchev–Trinajstić information content (AvgIpc) is 2.59. The van der Waals surface area contributed by atoms with E-state index >= 15 is 0 Å². The van der Waals surface area contributed by atoms with Crippen molar-refractivity contribution in [2.24, 2.45) is 0 Å². The van der Waals surface area contributed by atoms with Crippen LogP contribution in [0.5, 0.6) is 0 Å². The summed E-state index contributed by atoms with van der Waals surface area (Å²) >= 11 is 0. The zero-order chi connectivity index (χ0) is 16.5. The van der Waals surface area contributed by atoms with E-state index in [4.69, 9.17) is 0 Å². The third-order valence-corrected chi connectivity index (χ3v) is 5.18. The van der Waals surface area contributed by atoms with Gasteiger partial charge in [0.05, 0.1) is 13.2 Å². The number of hydrogen-bond donors (Lipinski definition) is 2. The van der Waals surface area contributed by atoms with Gasteiger partial charge in [0.25, 0.3) is 0 Å². The normalized spacial score (nSPS) is 24.7. The summed E-state index contributed by atoms with van der Waals surface area (Å²) in [6.07, 6.45) is 4.52. The fraction of sp³-hybridized carbons (Fsp3) is 0.941. The number of piperidine rings is 1. The van der Waals surface area contributed by atoms with E-state index in [2.05, 4.69) is 26.9 Å². The van der Waals surface area contributed by atoms with Crippen molar-refractivity contribution in [1.29, 1.82) is 0 Å². The first-order valence-electron chi connectivity index (χ1n) is 9.29. The summed E-state index contributed by atoms with van der Waals surface area (Å²) in [5, 5.41) is 12.4. The molecule has 1 unspecified atom stereocenters. The summed E-state index contributed by atoms with van der Waals surface area (Å²) in [4.78, 5) is 19.1. The predicted molar refractivity (Wildman–Crippen MR) is 92.5 cm³/mol. The quantitative estimate of drug-likeness (QED) is 0.614. The molecule has 2 fully saturated rings. The molecule has 134 valence electrons. The zero-order valence-electron chi connectivity index (χ0n) is 14.7. The number of rotatable bonds is 8. The van der Waals surface area contributed by atoms with Crippen LogP contribution < -0.4 is 5.32 Å². The molecule has 2 N–H and O–H groups in total. The van der Waals surface area contributed by atoms with Crippen molar-refractivity contribution < 1.29 is 9.90 Å². The maximum absolute atomic E-state index is 12.0. The van der Waals surface area contributed by atoms with E-state index in [0.29, 0.717) is 12.6 Å². The molecular formula is C17H34N4O2. The number of aliphatic hydroxyl groups excluding tert-OH is 1. The van der Waals surface area contributed by atoms with Crippen molar-refractivity contribution >= 4 is 5.91 Å². The second-order valence-electron chi connectivity index (χ2n) is 6.78. The van der Waals surface area contributed by atoms with Crippen LogP contribution >= 0.6 is 0 Å². The molecular weight excluding hydrogens is 292 g/mol. The first kappa shape index (κ1) is 18.6. The first-order valence-corrected chi connectivity index (χ1v) is 9.29. The van der Waals surface area contributed by atoms with E-state index in [9.17, 15) is 9.90 Å². The molecule has 23 heavy (non-hydrogen) atoms. The van der Waals surface area contributed by atoms with E-state index in [-0.39, 0.29) is 12.5 Å². The molecule has 0 spiro atoms. The third-order valence-electron chi connectivity index (χ3n) is 5.18. The number of likely N-dealkylation sites (tertiary alicyclic amines) is 1. The fourth-order valence-electron chi connectivity index (χ4n) is 3.59. The van der Waals surface area contributed by atoms with Crippen molar-refractivity contribution in [3.8, 4) is 0 Å². The largest absolute Gasteiger partial charge is 0.395 e. The Bertz CT molecular complexity index is 345. The summed E-state index contributed by atoms with van der Waals surface area (Å²) in [6.45, 7) is 11.0. The minimum atomic E-state index is 0.146. The molecule has 0 aromatic heterocycles. The molecule has 2 aliphatic heterocycles. The smallest absolute Gasteiger partial charge is 0.234 e. The molecule has 2 saturated heterocycles. The molecule has 0 aromatic carbocycles. The van der Waals surface area contributed by atoms with Gasteiger partial charge in [0.15, 0.2) is 0 Å². The summed E-state index contributed by atoms with van der Waals surface area (Å²) in [5.74, 6) is 0.146. The molecule has 6 nitrogen and oxygen atoms in total. The first-order chi connectivity index (χ1) is 11.2. The summed E-state index contributed by atoms with van der Waals surface area (Å²) in [6, 6.07) is 0.328. The number of nitrogens with zero attached hydrogens (tertiary/aromatic N) is 3. The van der Waals surface area contributed by atoms with Crippen LogP contribution in [-0.4, -0.2) is 97.3 Å². The monoisotopic (exact) mass is 326 g/mol. The highest BCUT2D eigenvalue weighted by molar-refractivity contribution is 5.77. The molecule has 1 atom stereocenters. The minimum Gasteiger partial charge on any atom is -0.395 e. The Kier molecular flexibility index (Phi) is 8.30. The molecule has 0 saturated carbocycles. The van der Waals surface area contributed by atoms with Gasteiger partial charge in [-0.1, -0.05) is 13.3 Å². The van der Waals surface area contributed by atoms with Gasteiger partial charge in [0.2, 0.25) is 5.91 Å². The van der Waals surface area contributed by atoms with Crippen LogP contribution in [0.4, 0.5) is 0 Å². The van der Waals surface area contributed by atoms with Crippen LogP contribution in [0.15, 0.2) is 0 Å². The van der Waals surface area contributed by atoms with Gasteiger partial charge in [-0.05, 0) is 32.4 Å². The summed E-state index contributed by atoms with van der Waals surface area (Å²) in [5.41, 5.74) is 0. The van der Waals surface area contributed by atoms with E-state index in [1.165, 1.54) is 12.8 Å².